The number of rotatable bonds is 9. The molecule has 2 aromatic carbocycles. The fourth-order valence-electron chi connectivity index (χ4n) is 2.14. The van der Waals surface area contributed by atoms with Gasteiger partial charge in [-0.05, 0) is 67.6 Å². The van der Waals surface area contributed by atoms with E-state index >= 15 is 0 Å². The molecule has 0 aliphatic rings. The average Bonchev–Trinajstić information content (AvgIpc) is 2.65. The largest absolute Gasteiger partial charge is 0.456 e. The van der Waals surface area contributed by atoms with Crippen LogP contribution in [0.3, 0.4) is 0 Å². The second-order valence-corrected chi connectivity index (χ2v) is 7.35. The molecule has 1 amide bonds. The molecule has 0 saturated heterocycles. The van der Waals surface area contributed by atoms with Crippen molar-refractivity contribution in [3.8, 4) is 0 Å². The molecule has 0 fully saturated rings. The number of halogens is 1. The summed E-state index contributed by atoms with van der Waals surface area (Å²) in [5.74, 6) is -0.106. The third kappa shape index (κ3) is 7.85. The highest BCUT2D eigenvalue weighted by molar-refractivity contribution is 7.99. The molecule has 2 rings (SSSR count). The van der Waals surface area contributed by atoms with Crippen LogP contribution >= 0.6 is 23.4 Å². The standard InChI is InChI=1S/C20H20ClNO4S/c1-14(23)15-4-8-17(9-5-15)22-19(24)13-26-20(25)3-2-12-27-18-10-6-16(21)7-11-18/h4-11H,2-3,12-13H2,1H3,(H,22,24). The summed E-state index contributed by atoms with van der Waals surface area (Å²) in [5, 5.41) is 3.31. The van der Waals surface area contributed by atoms with Gasteiger partial charge in [0.05, 0.1) is 0 Å². The van der Waals surface area contributed by atoms with E-state index in [1.165, 1.54) is 6.92 Å². The Morgan fingerprint density at radius 1 is 1.04 bits per heavy atom. The van der Waals surface area contributed by atoms with Crippen molar-refractivity contribution in [2.24, 2.45) is 0 Å². The molecule has 1 N–H and O–H groups in total. The van der Waals surface area contributed by atoms with Gasteiger partial charge in [-0.15, -0.1) is 11.8 Å². The van der Waals surface area contributed by atoms with Gasteiger partial charge in [-0.1, -0.05) is 11.6 Å². The molecule has 142 valence electrons. The number of ether oxygens (including phenoxy) is 1. The van der Waals surface area contributed by atoms with Gasteiger partial charge in [0, 0.05) is 27.6 Å². The van der Waals surface area contributed by atoms with Crippen molar-refractivity contribution in [1.29, 1.82) is 0 Å². The number of Topliss-reactive ketones (excluding diaryl/α,β-unsaturated/α-hetero) is 1. The first-order valence-electron chi connectivity index (χ1n) is 8.39. The Hall–Kier alpha value is -2.31. The van der Waals surface area contributed by atoms with E-state index in [1.54, 1.807) is 36.0 Å². The lowest BCUT2D eigenvalue weighted by atomic mass is 10.1. The number of carbonyl (C=O) groups excluding carboxylic acids is 3. The smallest absolute Gasteiger partial charge is 0.306 e. The van der Waals surface area contributed by atoms with Crippen molar-refractivity contribution in [2.45, 2.75) is 24.7 Å². The summed E-state index contributed by atoms with van der Waals surface area (Å²) < 4.78 is 4.97. The van der Waals surface area contributed by atoms with E-state index in [0.717, 1.165) is 10.6 Å². The lowest BCUT2D eigenvalue weighted by molar-refractivity contribution is -0.147. The number of carbonyl (C=O) groups is 3. The second kappa shape index (κ2) is 10.7. The van der Waals surface area contributed by atoms with Crippen LogP contribution in [0.25, 0.3) is 0 Å². The van der Waals surface area contributed by atoms with Crippen LogP contribution in [-0.4, -0.2) is 30.0 Å². The van der Waals surface area contributed by atoms with Crippen LogP contribution in [0.2, 0.25) is 5.02 Å². The number of hydrogen-bond donors (Lipinski definition) is 1. The number of anilines is 1. The third-order valence-corrected chi connectivity index (χ3v) is 4.90. The Balaban J connectivity index is 1.62. The van der Waals surface area contributed by atoms with Crippen LogP contribution < -0.4 is 5.32 Å². The Morgan fingerprint density at radius 2 is 1.70 bits per heavy atom. The van der Waals surface area contributed by atoms with E-state index in [2.05, 4.69) is 5.32 Å². The third-order valence-electron chi connectivity index (χ3n) is 3.55. The van der Waals surface area contributed by atoms with Crippen molar-refractivity contribution >= 4 is 46.7 Å². The van der Waals surface area contributed by atoms with Crippen LogP contribution in [0.5, 0.6) is 0 Å². The summed E-state index contributed by atoms with van der Waals surface area (Å²) in [6, 6.07) is 14.0. The lowest BCUT2D eigenvalue weighted by Crippen LogP contribution is -2.20. The molecule has 0 heterocycles. The first-order valence-corrected chi connectivity index (χ1v) is 9.75. The molecule has 0 aromatic heterocycles. The van der Waals surface area contributed by atoms with Gasteiger partial charge in [0.1, 0.15) is 0 Å². The molecule has 0 unspecified atom stereocenters. The summed E-state index contributed by atoms with van der Waals surface area (Å²) in [4.78, 5) is 35.8. The zero-order valence-corrected chi connectivity index (χ0v) is 16.4. The van der Waals surface area contributed by atoms with Crippen molar-refractivity contribution in [3.05, 3.63) is 59.1 Å². The van der Waals surface area contributed by atoms with Gasteiger partial charge >= 0.3 is 5.97 Å². The van der Waals surface area contributed by atoms with Gasteiger partial charge in [-0.25, -0.2) is 0 Å². The number of esters is 1. The normalized spacial score (nSPS) is 10.3. The molecular formula is C20H20ClNO4S. The molecular weight excluding hydrogens is 386 g/mol. The number of thioether (sulfide) groups is 1. The number of benzene rings is 2. The van der Waals surface area contributed by atoms with Crippen molar-refractivity contribution < 1.29 is 19.1 Å². The summed E-state index contributed by atoms with van der Waals surface area (Å²) in [7, 11) is 0. The molecule has 2 aromatic rings. The van der Waals surface area contributed by atoms with E-state index in [0.29, 0.717) is 22.7 Å². The van der Waals surface area contributed by atoms with E-state index in [-0.39, 0.29) is 18.8 Å². The van der Waals surface area contributed by atoms with Crippen molar-refractivity contribution in [3.63, 3.8) is 0 Å². The van der Waals surface area contributed by atoms with Crippen molar-refractivity contribution in [1.82, 2.24) is 0 Å². The highest BCUT2D eigenvalue weighted by Gasteiger charge is 2.08. The molecule has 0 aliphatic heterocycles. The van der Waals surface area contributed by atoms with Gasteiger partial charge in [0.2, 0.25) is 0 Å². The average molecular weight is 406 g/mol. The van der Waals surface area contributed by atoms with E-state index < -0.39 is 11.9 Å². The van der Waals surface area contributed by atoms with Gasteiger partial charge in [-0.2, -0.15) is 0 Å². The molecule has 0 atom stereocenters. The monoisotopic (exact) mass is 405 g/mol. The quantitative estimate of drug-likeness (QED) is 0.286. The minimum atomic E-state index is -0.422. The van der Waals surface area contributed by atoms with E-state index in [9.17, 15) is 14.4 Å². The molecule has 5 nitrogen and oxygen atoms in total. The zero-order chi connectivity index (χ0) is 19.6. The number of nitrogens with one attached hydrogen (secondary N) is 1. The summed E-state index contributed by atoms with van der Waals surface area (Å²) >= 11 is 7.46. The highest BCUT2D eigenvalue weighted by atomic mass is 35.5. The maximum atomic E-state index is 11.8. The van der Waals surface area contributed by atoms with Crippen LogP contribution in [0.15, 0.2) is 53.4 Å². The second-order valence-electron chi connectivity index (χ2n) is 5.75. The van der Waals surface area contributed by atoms with Crippen LogP contribution in [0.1, 0.15) is 30.1 Å². The zero-order valence-electron chi connectivity index (χ0n) is 14.9. The van der Waals surface area contributed by atoms with E-state index in [4.69, 9.17) is 16.3 Å². The Labute approximate surface area is 167 Å². The summed E-state index contributed by atoms with van der Waals surface area (Å²) in [6.45, 7) is 1.14. The van der Waals surface area contributed by atoms with E-state index in [1.807, 2.05) is 24.3 Å². The van der Waals surface area contributed by atoms with Crippen LogP contribution in [-0.2, 0) is 14.3 Å². The molecule has 0 aliphatic carbocycles. The molecule has 0 saturated carbocycles. The fourth-order valence-corrected chi connectivity index (χ4v) is 3.12. The predicted molar refractivity (Wildman–Crippen MR) is 107 cm³/mol. The minimum absolute atomic E-state index is 0.0453. The SMILES string of the molecule is CC(=O)c1ccc(NC(=O)COC(=O)CCCSc2ccc(Cl)cc2)cc1. The van der Waals surface area contributed by atoms with Gasteiger partial charge in [-0.3, -0.25) is 14.4 Å². The maximum Gasteiger partial charge on any atom is 0.306 e. The number of amides is 1. The Kier molecular flexibility index (Phi) is 8.36. The predicted octanol–water partition coefficient (Wildman–Crippen LogP) is 4.60. The molecule has 0 radical (unpaired) electrons. The van der Waals surface area contributed by atoms with Crippen molar-refractivity contribution in [2.75, 3.05) is 17.7 Å². The van der Waals surface area contributed by atoms with Crippen LogP contribution in [0, 0.1) is 0 Å². The molecule has 27 heavy (non-hydrogen) atoms. The molecule has 0 spiro atoms. The topological polar surface area (TPSA) is 72.5 Å². The van der Waals surface area contributed by atoms with Crippen LogP contribution in [0.4, 0.5) is 5.69 Å². The van der Waals surface area contributed by atoms with Gasteiger partial charge in [0.25, 0.3) is 5.91 Å². The number of hydrogen-bond acceptors (Lipinski definition) is 5. The lowest BCUT2D eigenvalue weighted by Gasteiger charge is -2.07. The summed E-state index contributed by atoms with van der Waals surface area (Å²) in [6.07, 6.45) is 0.904. The molecule has 7 heteroatoms. The number of ketones is 1. The fraction of sp³-hybridized carbons (Fsp3) is 0.250. The first-order chi connectivity index (χ1) is 12.9. The van der Waals surface area contributed by atoms with Gasteiger partial charge < -0.3 is 10.1 Å². The maximum absolute atomic E-state index is 11.8. The summed E-state index contributed by atoms with van der Waals surface area (Å²) in [5.41, 5.74) is 1.11. The minimum Gasteiger partial charge on any atom is -0.456 e. The van der Waals surface area contributed by atoms with Gasteiger partial charge in [0.15, 0.2) is 12.4 Å². The Bertz CT molecular complexity index is 791. The Morgan fingerprint density at radius 3 is 2.33 bits per heavy atom. The molecule has 0 bridgehead atoms. The highest BCUT2D eigenvalue weighted by Crippen LogP contribution is 2.21. The first kappa shape index (κ1) is 21.0.